The number of hydrogen-bond donors (Lipinski definition) is 1. The van der Waals surface area contributed by atoms with Gasteiger partial charge in [-0.3, -0.25) is 9.59 Å². The second-order valence-corrected chi connectivity index (χ2v) is 7.56. The number of benzene rings is 1. The number of thiocarbonyl (C=S) groups is 1. The van der Waals surface area contributed by atoms with Crippen LogP contribution in [0.1, 0.15) is 71.1 Å². The number of unbranched alkanes of at least 4 members (excludes halogenated alkanes) is 1. The number of nitrogens with one attached hydrogen (secondary N) is 1. The van der Waals surface area contributed by atoms with E-state index in [-0.39, 0.29) is 11.9 Å². The van der Waals surface area contributed by atoms with Gasteiger partial charge in [-0.15, -0.1) is 0 Å². The summed E-state index contributed by atoms with van der Waals surface area (Å²) in [6, 6.07) is 9.53. The van der Waals surface area contributed by atoms with Crippen molar-refractivity contribution >= 4 is 34.6 Å². The molecule has 0 spiro atoms. The fourth-order valence-corrected chi connectivity index (χ4v) is 3.55. The van der Waals surface area contributed by atoms with Crippen molar-refractivity contribution in [3.8, 4) is 0 Å². The zero-order valence-electron chi connectivity index (χ0n) is 16.7. The topological polar surface area (TPSA) is 55.4 Å². The molecule has 0 saturated heterocycles. The lowest BCUT2D eigenvalue weighted by molar-refractivity contribution is -0.140. The van der Waals surface area contributed by atoms with Crippen LogP contribution in [0.5, 0.6) is 0 Å². The fourth-order valence-electron chi connectivity index (χ4n) is 3.17. The number of rotatable bonds is 14. The maximum atomic E-state index is 11.9. The van der Waals surface area contributed by atoms with E-state index in [0.717, 1.165) is 61.9 Å². The average molecular weight is 392 g/mol. The Morgan fingerprint density at radius 2 is 1.74 bits per heavy atom. The van der Waals surface area contributed by atoms with Crippen LogP contribution in [0.15, 0.2) is 30.3 Å². The Kier molecular flexibility index (Phi) is 12.4. The van der Waals surface area contributed by atoms with Gasteiger partial charge in [-0.1, -0.05) is 50.2 Å². The number of anilines is 1. The van der Waals surface area contributed by atoms with Crippen LogP contribution in [-0.4, -0.2) is 23.9 Å². The lowest BCUT2D eigenvalue weighted by Gasteiger charge is -2.16. The number of esters is 1. The van der Waals surface area contributed by atoms with E-state index in [1.807, 2.05) is 30.3 Å². The molecular weight excluding hydrogens is 358 g/mol. The highest BCUT2D eigenvalue weighted by Crippen LogP contribution is 2.21. The molecule has 1 rings (SSSR count). The van der Waals surface area contributed by atoms with Crippen molar-refractivity contribution in [1.29, 1.82) is 0 Å². The quantitative estimate of drug-likeness (QED) is 0.251. The van der Waals surface area contributed by atoms with Gasteiger partial charge in [0.15, 0.2) is 0 Å². The van der Waals surface area contributed by atoms with Gasteiger partial charge in [-0.05, 0) is 61.4 Å². The Morgan fingerprint density at radius 1 is 1.04 bits per heavy atom. The Bertz CT molecular complexity index is 574. The first-order chi connectivity index (χ1) is 13.0. The highest BCUT2D eigenvalue weighted by molar-refractivity contribution is 7.80. The summed E-state index contributed by atoms with van der Waals surface area (Å²) in [6.07, 6.45) is 8.79. The van der Waals surface area contributed by atoms with E-state index in [0.29, 0.717) is 18.8 Å². The highest BCUT2D eigenvalue weighted by atomic mass is 32.1. The van der Waals surface area contributed by atoms with Crippen LogP contribution in [-0.2, 0) is 14.3 Å². The third kappa shape index (κ3) is 11.5. The molecule has 0 radical (unpaired) electrons. The van der Waals surface area contributed by atoms with Crippen molar-refractivity contribution in [3.63, 3.8) is 0 Å². The van der Waals surface area contributed by atoms with E-state index < -0.39 is 0 Å². The number of carbonyl (C=O) groups excluding carboxylic acids is 2. The largest absolute Gasteiger partial charge is 0.469 e. The average Bonchev–Trinajstić information content (AvgIpc) is 2.66. The van der Waals surface area contributed by atoms with E-state index in [9.17, 15) is 9.59 Å². The normalized spacial score (nSPS) is 11.6. The maximum Gasteiger partial charge on any atom is 0.305 e. The molecule has 1 aromatic rings. The van der Waals surface area contributed by atoms with Gasteiger partial charge in [-0.2, -0.15) is 0 Å². The molecule has 0 heterocycles. The zero-order chi connectivity index (χ0) is 19.9. The van der Waals surface area contributed by atoms with Crippen LogP contribution in [0.2, 0.25) is 0 Å². The Labute approximate surface area is 169 Å². The molecule has 0 aliphatic rings. The first kappa shape index (κ1) is 23.3. The van der Waals surface area contributed by atoms with Crippen LogP contribution >= 0.6 is 12.2 Å². The van der Waals surface area contributed by atoms with Crippen molar-refractivity contribution in [2.75, 3.05) is 12.4 Å². The molecule has 27 heavy (non-hydrogen) atoms. The summed E-state index contributed by atoms with van der Waals surface area (Å²) in [5.74, 6) is 0.467. The molecule has 0 saturated carbocycles. The summed E-state index contributed by atoms with van der Waals surface area (Å²) in [5.41, 5.74) is 0.840. The van der Waals surface area contributed by atoms with Gasteiger partial charge in [0.05, 0.1) is 7.11 Å². The summed E-state index contributed by atoms with van der Waals surface area (Å²) in [4.78, 5) is 24.3. The van der Waals surface area contributed by atoms with Crippen molar-refractivity contribution in [3.05, 3.63) is 30.3 Å². The summed E-state index contributed by atoms with van der Waals surface area (Å²) in [7, 11) is 1.43. The molecule has 0 fully saturated rings. The molecule has 0 aromatic heterocycles. The Balaban J connectivity index is 2.19. The molecule has 1 amide bonds. The first-order valence-corrected chi connectivity index (χ1v) is 10.4. The molecule has 0 bridgehead atoms. The number of hydrogen-bond acceptors (Lipinski definition) is 4. The summed E-state index contributed by atoms with van der Waals surface area (Å²) in [5, 5.41) is 2.91. The van der Waals surface area contributed by atoms with E-state index >= 15 is 0 Å². The molecular formula is C22H33NO3S. The van der Waals surface area contributed by atoms with Gasteiger partial charge >= 0.3 is 5.97 Å². The molecule has 0 aliphatic heterocycles. The molecule has 150 valence electrons. The van der Waals surface area contributed by atoms with Gasteiger partial charge in [0.2, 0.25) is 5.91 Å². The highest BCUT2D eigenvalue weighted by Gasteiger charge is 2.12. The van der Waals surface area contributed by atoms with Crippen molar-refractivity contribution < 1.29 is 14.3 Å². The molecule has 0 aliphatic carbocycles. The number of methoxy groups -OCH3 is 1. The minimum Gasteiger partial charge on any atom is -0.469 e. The van der Waals surface area contributed by atoms with Crippen LogP contribution in [0.3, 0.4) is 0 Å². The molecule has 4 nitrogen and oxygen atoms in total. The predicted molar refractivity (Wildman–Crippen MR) is 115 cm³/mol. The SMILES string of the molecule is CCC[C@@H](CCCC(=O)OC)CC(=S)CCCCC(=O)Nc1ccccc1. The minimum atomic E-state index is -0.137. The second-order valence-electron chi connectivity index (χ2n) is 6.99. The molecule has 1 atom stereocenters. The Morgan fingerprint density at radius 3 is 2.41 bits per heavy atom. The monoisotopic (exact) mass is 391 g/mol. The number of amides is 1. The molecule has 5 heteroatoms. The lowest BCUT2D eigenvalue weighted by Crippen LogP contribution is -2.11. The molecule has 1 N–H and O–H groups in total. The minimum absolute atomic E-state index is 0.0544. The zero-order valence-corrected chi connectivity index (χ0v) is 17.5. The third-order valence-electron chi connectivity index (χ3n) is 4.60. The van der Waals surface area contributed by atoms with Gasteiger partial charge in [0.25, 0.3) is 0 Å². The summed E-state index contributed by atoms with van der Waals surface area (Å²) >= 11 is 5.56. The lowest BCUT2D eigenvalue weighted by atomic mass is 9.91. The maximum absolute atomic E-state index is 11.9. The second kappa shape index (κ2) is 14.3. The number of ether oxygens (including phenoxy) is 1. The van der Waals surface area contributed by atoms with Gasteiger partial charge in [-0.25, -0.2) is 0 Å². The van der Waals surface area contributed by atoms with E-state index in [2.05, 4.69) is 12.2 Å². The predicted octanol–water partition coefficient (Wildman–Crippen LogP) is 5.71. The standard InChI is InChI=1S/C22H33NO3S/c1-3-10-18(11-9-16-22(25)26-2)17-20(27)14-7-8-15-21(24)23-19-12-5-4-6-13-19/h4-6,12-13,18H,3,7-11,14-17H2,1-2H3,(H,23,24)/t18-/m0/s1. The molecule has 0 unspecified atom stereocenters. The van der Waals surface area contributed by atoms with E-state index in [1.165, 1.54) is 7.11 Å². The number of para-hydroxylation sites is 1. The van der Waals surface area contributed by atoms with Crippen molar-refractivity contribution in [1.82, 2.24) is 0 Å². The van der Waals surface area contributed by atoms with Gasteiger partial charge in [0, 0.05) is 18.5 Å². The van der Waals surface area contributed by atoms with Crippen molar-refractivity contribution in [2.24, 2.45) is 5.92 Å². The van der Waals surface area contributed by atoms with Crippen molar-refractivity contribution in [2.45, 2.75) is 71.1 Å². The summed E-state index contributed by atoms with van der Waals surface area (Å²) < 4.78 is 4.70. The van der Waals surface area contributed by atoms with Gasteiger partial charge in [0.1, 0.15) is 0 Å². The van der Waals surface area contributed by atoms with E-state index in [1.54, 1.807) is 0 Å². The smallest absolute Gasteiger partial charge is 0.305 e. The number of carbonyl (C=O) groups is 2. The third-order valence-corrected chi connectivity index (χ3v) is 4.97. The summed E-state index contributed by atoms with van der Waals surface area (Å²) in [6.45, 7) is 2.18. The first-order valence-electron chi connectivity index (χ1n) is 9.98. The van der Waals surface area contributed by atoms with Crippen LogP contribution in [0.25, 0.3) is 0 Å². The van der Waals surface area contributed by atoms with Gasteiger partial charge < -0.3 is 10.1 Å². The van der Waals surface area contributed by atoms with Crippen LogP contribution in [0.4, 0.5) is 5.69 Å². The van der Waals surface area contributed by atoms with Crippen LogP contribution in [0, 0.1) is 5.92 Å². The molecule has 1 aromatic carbocycles. The van der Waals surface area contributed by atoms with E-state index in [4.69, 9.17) is 17.0 Å². The van der Waals surface area contributed by atoms with Crippen LogP contribution < -0.4 is 5.32 Å². The fraction of sp³-hybridized carbons (Fsp3) is 0.591. The Hall–Kier alpha value is -1.75.